The van der Waals surface area contributed by atoms with Crippen LogP contribution in [0.4, 0.5) is 0 Å². The predicted octanol–water partition coefficient (Wildman–Crippen LogP) is 3.36. The van der Waals surface area contributed by atoms with Gasteiger partial charge >= 0.3 is 5.97 Å². The summed E-state index contributed by atoms with van der Waals surface area (Å²) < 4.78 is 4.80. The maximum atomic E-state index is 10.2. The van der Waals surface area contributed by atoms with Gasteiger partial charge in [0.15, 0.2) is 0 Å². The van der Waals surface area contributed by atoms with Gasteiger partial charge in [-0.1, -0.05) is 18.2 Å². The Labute approximate surface area is 103 Å². The normalized spacial score (nSPS) is 10.2. The molecule has 3 heteroatoms. The summed E-state index contributed by atoms with van der Waals surface area (Å²) in [4.78, 5) is 10.2. The molecule has 0 saturated carbocycles. The maximum absolute atomic E-state index is 10.2. The number of benzene rings is 1. The van der Waals surface area contributed by atoms with Crippen molar-refractivity contribution < 1.29 is 14.6 Å². The summed E-state index contributed by atoms with van der Waals surface area (Å²) in [6, 6.07) is 5.72. The molecule has 1 aromatic carbocycles. The summed E-state index contributed by atoms with van der Waals surface area (Å²) in [5.74, 6) is 0.190. The van der Waals surface area contributed by atoms with Crippen molar-refractivity contribution in [1.82, 2.24) is 0 Å². The number of esters is 1. The SMILES string of the molecule is CC(=O)OC(C)(C)C.Cc1cccc(C)c1O. The zero-order chi connectivity index (χ0) is 13.6. The first-order valence-electron chi connectivity index (χ1n) is 5.58. The molecule has 1 N–H and O–H groups in total. The van der Waals surface area contributed by atoms with Gasteiger partial charge in [0, 0.05) is 6.92 Å². The summed E-state index contributed by atoms with van der Waals surface area (Å²) in [5, 5.41) is 9.21. The van der Waals surface area contributed by atoms with E-state index in [1.54, 1.807) is 0 Å². The van der Waals surface area contributed by atoms with Crippen molar-refractivity contribution in [2.45, 2.75) is 47.1 Å². The summed E-state index contributed by atoms with van der Waals surface area (Å²) in [6.07, 6.45) is 0. The number of rotatable bonds is 0. The molecule has 0 bridgehead atoms. The van der Waals surface area contributed by atoms with Crippen LogP contribution < -0.4 is 0 Å². The third-order valence-corrected chi connectivity index (χ3v) is 1.89. The Kier molecular flexibility index (Phi) is 5.72. The van der Waals surface area contributed by atoms with Crippen LogP contribution in [0.3, 0.4) is 0 Å². The van der Waals surface area contributed by atoms with E-state index >= 15 is 0 Å². The molecule has 0 spiro atoms. The van der Waals surface area contributed by atoms with Crippen LogP contribution >= 0.6 is 0 Å². The number of para-hydroxylation sites is 1. The number of hydrogen-bond donors (Lipinski definition) is 1. The molecule has 0 unspecified atom stereocenters. The van der Waals surface area contributed by atoms with E-state index in [9.17, 15) is 9.90 Å². The van der Waals surface area contributed by atoms with Crippen molar-refractivity contribution in [1.29, 1.82) is 0 Å². The molecule has 0 atom stereocenters. The Hall–Kier alpha value is -1.51. The summed E-state index contributed by atoms with van der Waals surface area (Å²) >= 11 is 0. The third kappa shape index (κ3) is 7.39. The van der Waals surface area contributed by atoms with Gasteiger partial charge in [-0.05, 0) is 45.7 Å². The highest BCUT2D eigenvalue weighted by atomic mass is 16.6. The van der Waals surface area contributed by atoms with Gasteiger partial charge in [0.1, 0.15) is 11.4 Å². The molecule has 96 valence electrons. The van der Waals surface area contributed by atoms with Crippen molar-refractivity contribution in [3.8, 4) is 5.75 Å². The number of hydrogen-bond acceptors (Lipinski definition) is 3. The number of aryl methyl sites for hydroxylation is 2. The quantitative estimate of drug-likeness (QED) is 0.705. The molecule has 0 aliphatic carbocycles. The van der Waals surface area contributed by atoms with Gasteiger partial charge in [-0.3, -0.25) is 4.79 Å². The van der Waals surface area contributed by atoms with Crippen LogP contribution in [0, 0.1) is 13.8 Å². The van der Waals surface area contributed by atoms with Gasteiger partial charge in [0.25, 0.3) is 0 Å². The highest BCUT2D eigenvalue weighted by molar-refractivity contribution is 5.66. The van der Waals surface area contributed by atoms with Gasteiger partial charge in [-0.25, -0.2) is 0 Å². The molecule has 1 rings (SSSR count). The van der Waals surface area contributed by atoms with Crippen molar-refractivity contribution in [3.63, 3.8) is 0 Å². The number of phenols is 1. The van der Waals surface area contributed by atoms with Gasteiger partial charge in [0.05, 0.1) is 0 Å². The Morgan fingerprint density at radius 1 is 1.18 bits per heavy atom. The average molecular weight is 238 g/mol. The zero-order valence-corrected chi connectivity index (χ0v) is 11.5. The predicted molar refractivity (Wildman–Crippen MR) is 69.1 cm³/mol. The largest absolute Gasteiger partial charge is 0.507 e. The molecule has 0 aliphatic heterocycles. The van der Waals surface area contributed by atoms with Gasteiger partial charge in [0.2, 0.25) is 0 Å². The van der Waals surface area contributed by atoms with Crippen LogP contribution in [0.25, 0.3) is 0 Å². The van der Waals surface area contributed by atoms with Crippen molar-refractivity contribution in [3.05, 3.63) is 29.3 Å². The summed E-state index contributed by atoms with van der Waals surface area (Å²) in [7, 11) is 0. The highest BCUT2D eigenvalue weighted by Crippen LogP contribution is 2.19. The fourth-order valence-corrected chi connectivity index (χ4v) is 1.24. The monoisotopic (exact) mass is 238 g/mol. The molecule has 1 aromatic rings. The first kappa shape index (κ1) is 15.5. The summed E-state index contributed by atoms with van der Waals surface area (Å²) in [6.45, 7) is 10.7. The van der Waals surface area contributed by atoms with Crippen molar-refractivity contribution in [2.75, 3.05) is 0 Å². The molecule has 0 heterocycles. The van der Waals surface area contributed by atoms with E-state index in [-0.39, 0.29) is 11.6 Å². The van der Waals surface area contributed by atoms with Crippen LogP contribution in [0.15, 0.2) is 18.2 Å². The third-order valence-electron chi connectivity index (χ3n) is 1.89. The Bertz CT molecular complexity index is 355. The average Bonchev–Trinajstić information content (AvgIpc) is 2.11. The number of aromatic hydroxyl groups is 1. The first-order valence-corrected chi connectivity index (χ1v) is 5.58. The number of carbonyl (C=O) groups excluding carboxylic acids is 1. The van der Waals surface area contributed by atoms with Crippen LogP contribution in [0.5, 0.6) is 5.75 Å². The zero-order valence-electron chi connectivity index (χ0n) is 11.5. The minimum Gasteiger partial charge on any atom is -0.507 e. The molecule has 0 aromatic heterocycles. The molecule has 3 nitrogen and oxygen atoms in total. The topological polar surface area (TPSA) is 46.5 Å². The number of phenolic OH excluding ortho intramolecular Hbond substituents is 1. The van der Waals surface area contributed by atoms with Crippen molar-refractivity contribution in [2.24, 2.45) is 0 Å². The molecule has 0 fully saturated rings. The minimum absolute atomic E-state index is 0.225. The van der Waals surface area contributed by atoms with Crippen LogP contribution in [0.2, 0.25) is 0 Å². The molecular weight excluding hydrogens is 216 g/mol. The Balaban J connectivity index is 0.000000304. The smallest absolute Gasteiger partial charge is 0.303 e. The lowest BCUT2D eigenvalue weighted by molar-refractivity contribution is -0.151. The number of carbonyl (C=O) groups is 1. The lowest BCUT2D eigenvalue weighted by atomic mass is 10.1. The van der Waals surface area contributed by atoms with Crippen LogP contribution in [-0.2, 0) is 9.53 Å². The lowest BCUT2D eigenvalue weighted by Crippen LogP contribution is -2.21. The van der Waals surface area contributed by atoms with E-state index in [1.807, 2.05) is 52.8 Å². The Morgan fingerprint density at radius 2 is 1.59 bits per heavy atom. The molecule has 0 radical (unpaired) electrons. The van der Waals surface area contributed by atoms with Gasteiger partial charge < -0.3 is 9.84 Å². The maximum Gasteiger partial charge on any atom is 0.303 e. The van der Waals surface area contributed by atoms with E-state index in [2.05, 4.69) is 0 Å². The van der Waals surface area contributed by atoms with Crippen LogP contribution in [0.1, 0.15) is 38.8 Å². The lowest BCUT2D eigenvalue weighted by Gasteiger charge is -2.17. The second-order valence-corrected chi connectivity index (χ2v) is 4.95. The van der Waals surface area contributed by atoms with Crippen LogP contribution in [-0.4, -0.2) is 16.7 Å². The first-order chi connectivity index (χ1) is 7.63. The minimum atomic E-state index is -0.328. The molecular formula is C14H22O3. The molecule has 0 aliphatic rings. The van der Waals surface area contributed by atoms with E-state index in [4.69, 9.17) is 4.74 Å². The molecule has 0 amide bonds. The number of ether oxygens (including phenoxy) is 1. The van der Waals surface area contributed by atoms with Gasteiger partial charge in [-0.2, -0.15) is 0 Å². The Morgan fingerprint density at radius 3 is 1.76 bits per heavy atom. The molecule has 17 heavy (non-hydrogen) atoms. The molecule has 0 saturated heterocycles. The highest BCUT2D eigenvalue weighted by Gasteiger charge is 2.11. The fraction of sp³-hybridized carbons (Fsp3) is 0.500. The van der Waals surface area contributed by atoms with E-state index in [1.165, 1.54) is 6.92 Å². The standard InChI is InChI=1S/C8H10O.C6H12O2/c1-6-4-3-5-7(2)8(6)9;1-5(7)8-6(2,3)4/h3-5,9H,1-2H3;1-4H3. The van der Waals surface area contributed by atoms with Gasteiger partial charge in [-0.15, -0.1) is 0 Å². The van der Waals surface area contributed by atoms with E-state index < -0.39 is 0 Å². The second-order valence-electron chi connectivity index (χ2n) is 4.95. The van der Waals surface area contributed by atoms with Crippen molar-refractivity contribution >= 4 is 5.97 Å². The van der Waals surface area contributed by atoms with E-state index in [0.29, 0.717) is 5.75 Å². The second kappa shape index (κ2) is 6.28. The fourth-order valence-electron chi connectivity index (χ4n) is 1.24. The summed E-state index contributed by atoms with van der Waals surface area (Å²) in [5.41, 5.74) is 1.55. The van der Waals surface area contributed by atoms with E-state index in [0.717, 1.165) is 11.1 Å².